The minimum atomic E-state index is -0.330. The Hall–Kier alpha value is -2.84. The van der Waals surface area contributed by atoms with Gasteiger partial charge in [-0.1, -0.05) is 28.9 Å². The number of amides is 2. The van der Waals surface area contributed by atoms with E-state index in [0.29, 0.717) is 39.3 Å². The van der Waals surface area contributed by atoms with Crippen LogP contribution in [-0.2, 0) is 5.75 Å². The molecule has 2 N–H and O–H groups in total. The van der Waals surface area contributed by atoms with Crippen molar-refractivity contribution in [1.29, 1.82) is 0 Å². The Balaban J connectivity index is 1.77. The maximum atomic E-state index is 12.9. The Morgan fingerprint density at radius 1 is 1.17 bits per heavy atom. The lowest BCUT2D eigenvalue weighted by Gasteiger charge is -2.13. The normalized spacial score (nSPS) is 10.8. The van der Waals surface area contributed by atoms with Crippen molar-refractivity contribution in [2.75, 3.05) is 5.32 Å². The van der Waals surface area contributed by atoms with Crippen molar-refractivity contribution >= 4 is 40.9 Å². The number of hydrogen-bond donors (Lipinski definition) is 2. The maximum absolute atomic E-state index is 12.9. The molecule has 1 heterocycles. The summed E-state index contributed by atoms with van der Waals surface area (Å²) in [6, 6.07) is 12.0. The van der Waals surface area contributed by atoms with Gasteiger partial charge in [0.25, 0.3) is 11.8 Å². The van der Waals surface area contributed by atoms with E-state index in [0.717, 1.165) is 4.90 Å². The van der Waals surface area contributed by atoms with Crippen molar-refractivity contribution in [2.45, 2.75) is 37.5 Å². The molecule has 0 unspecified atom stereocenters. The molecule has 7 nitrogen and oxygen atoms in total. The molecule has 0 aliphatic rings. The average Bonchev–Trinajstić information content (AvgIpc) is 3.13. The van der Waals surface area contributed by atoms with Crippen LogP contribution in [0.15, 0.2) is 51.9 Å². The van der Waals surface area contributed by atoms with E-state index in [4.69, 9.17) is 16.1 Å². The molecular formula is C21H21ClN4O3S. The topological polar surface area (TPSA) is 97.1 Å². The zero-order valence-electron chi connectivity index (χ0n) is 16.7. The van der Waals surface area contributed by atoms with Gasteiger partial charge in [0.1, 0.15) is 0 Å². The summed E-state index contributed by atoms with van der Waals surface area (Å²) in [6.45, 7) is 5.50. The van der Waals surface area contributed by atoms with Crippen molar-refractivity contribution in [1.82, 2.24) is 15.5 Å². The van der Waals surface area contributed by atoms with E-state index < -0.39 is 0 Å². The van der Waals surface area contributed by atoms with Gasteiger partial charge in [-0.3, -0.25) is 9.59 Å². The molecule has 9 heteroatoms. The number of benzene rings is 2. The third-order valence-corrected chi connectivity index (χ3v) is 5.34. The van der Waals surface area contributed by atoms with E-state index in [1.165, 1.54) is 11.8 Å². The van der Waals surface area contributed by atoms with Crippen LogP contribution in [0.2, 0.25) is 5.02 Å². The zero-order valence-corrected chi connectivity index (χ0v) is 18.3. The van der Waals surface area contributed by atoms with E-state index in [1.807, 2.05) is 26.0 Å². The third kappa shape index (κ3) is 5.61. The van der Waals surface area contributed by atoms with Crippen molar-refractivity contribution < 1.29 is 14.1 Å². The van der Waals surface area contributed by atoms with Crippen LogP contribution in [0.5, 0.6) is 0 Å². The number of carbonyl (C=O) groups excluding carboxylic acids is 2. The van der Waals surface area contributed by atoms with Gasteiger partial charge in [0.2, 0.25) is 5.89 Å². The molecule has 1 aromatic heterocycles. The van der Waals surface area contributed by atoms with Crippen LogP contribution in [-0.4, -0.2) is 28.0 Å². The number of nitrogens with zero attached hydrogens (tertiary/aromatic N) is 2. The molecule has 3 aromatic rings. The van der Waals surface area contributed by atoms with Gasteiger partial charge in [-0.15, -0.1) is 11.8 Å². The molecule has 0 aliphatic heterocycles. The lowest BCUT2D eigenvalue weighted by Crippen LogP contribution is -2.30. The lowest BCUT2D eigenvalue weighted by atomic mass is 10.1. The summed E-state index contributed by atoms with van der Waals surface area (Å²) >= 11 is 7.66. The molecule has 3 rings (SSSR count). The number of rotatable bonds is 7. The largest absolute Gasteiger partial charge is 0.350 e. The summed E-state index contributed by atoms with van der Waals surface area (Å²) in [5, 5.41) is 9.73. The van der Waals surface area contributed by atoms with Gasteiger partial charge >= 0.3 is 0 Å². The highest BCUT2D eigenvalue weighted by Gasteiger charge is 2.16. The highest BCUT2D eigenvalue weighted by atomic mass is 35.5. The number of nitrogens with one attached hydrogen (secondary N) is 2. The predicted octanol–water partition coefficient (Wildman–Crippen LogP) is 4.71. The first-order chi connectivity index (χ1) is 14.3. The summed E-state index contributed by atoms with van der Waals surface area (Å²) in [5.41, 5.74) is 1.26. The van der Waals surface area contributed by atoms with Gasteiger partial charge in [0.15, 0.2) is 5.82 Å². The van der Waals surface area contributed by atoms with E-state index in [9.17, 15) is 9.59 Å². The summed E-state index contributed by atoms with van der Waals surface area (Å²) in [6.07, 6.45) is 0. The van der Waals surface area contributed by atoms with Gasteiger partial charge in [0.05, 0.1) is 22.0 Å². The number of carbonyl (C=O) groups is 2. The Kier molecular flexibility index (Phi) is 7.12. The second-order valence-electron chi connectivity index (χ2n) is 6.80. The van der Waals surface area contributed by atoms with Gasteiger partial charge in [-0.25, -0.2) is 0 Å². The highest BCUT2D eigenvalue weighted by molar-refractivity contribution is 7.98. The molecule has 2 amide bonds. The van der Waals surface area contributed by atoms with E-state index in [-0.39, 0.29) is 17.9 Å². The summed E-state index contributed by atoms with van der Waals surface area (Å²) < 4.78 is 5.12. The van der Waals surface area contributed by atoms with Crippen LogP contribution in [0, 0.1) is 6.92 Å². The van der Waals surface area contributed by atoms with Crippen LogP contribution in [0.25, 0.3) is 0 Å². The summed E-state index contributed by atoms with van der Waals surface area (Å²) in [5.74, 6) is 0.926. The maximum Gasteiger partial charge on any atom is 0.256 e. The highest BCUT2D eigenvalue weighted by Crippen LogP contribution is 2.28. The van der Waals surface area contributed by atoms with E-state index in [2.05, 4.69) is 20.8 Å². The average molecular weight is 445 g/mol. The van der Waals surface area contributed by atoms with E-state index >= 15 is 0 Å². The van der Waals surface area contributed by atoms with Crippen LogP contribution in [0.1, 0.15) is 46.3 Å². The van der Waals surface area contributed by atoms with Crippen LogP contribution in [0.4, 0.5) is 5.69 Å². The molecule has 156 valence electrons. The fourth-order valence-corrected chi connectivity index (χ4v) is 3.67. The number of anilines is 1. The molecule has 0 aliphatic carbocycles. The molecule has 0 bridgehead atoms. The first kappa shape index (κ1) is 21.9. The third-order valence-electron chi connectivity index (χ3n) is 3.95. The first-order valence-electron chi connectivity index (χ1n) is 9.26. The molecular weight excluding hydrogens is 424 g/mol. The molecule has 0 spiro atoms. The van der Waals surface area contributed by atoms with E-state index in [1.54, 1.807) is 37.3 Å². The van der Waals surface area contributed by atoms with Gasteiger partial charge in [0, 0.05) is 16.5 Å². The first-order valence-corrected chi connectivity index (χ1v) is 10.6. The minimum Gasteiger partial charge on any atom is -0.350 e. The smallest absolute Gasteiger partial charge is 0.256 e. The SMILES string of the molecule is Cc1noc(CSc2ccccc2C(=O)Nc2cc(C(=O)NC(C)C)ccc2Cl)n1. The standard InChI is InChI=1S/C21H21ClN4O3S/c1-12(2)23-20(27)14-8-9-16(22)17(10-14)25-21(28)15-6-4-5-7-18(15)30-11-19-24-13(3)26-29-19/h4-10,12H,11H2,1-3H3,(H,23,27)(H,25,28). The van der Waals surface area contributed by atoms with Gasteiger partial charge < -0.3 is 15.2 Å². The Morgan fingerprint density at radius 3 is 2.63 bits per heavy atom. The second-order valence-corrected chi connectivity index (χ2v) is 8.22. The minimum absolute atomic E-state index is 0.00207. The second kappa shape index (κ2) is 9.77. The number of thioether (sulfide) groups is 1. The lowest BCUT2D eigenvalue weighted by molar-refractivity contribution is 0.0941. The molecule has 30 heavy (non-hydrogen) atoms. The molecule has 0 atom stereocenters. The van der Waals surface area contributed by atoms with Crippen LogP contribution >= 0.6 is 23.4 Å². The Morgan fingerprint density at radius 2 is 1.93 bits per heavy atom. The van der Waals surface area contributed by atoms with Gasteiger partial charge in [-0.05, 0) is 51.1 Å². The molecule has 0 fully saturated rings. The van der Waals surface area contributed by atoms with Crippen LogP contribution in [0.3, 0.4) is 0 Å². The monoisotopic (exact) mass is 444 g/mol. The van der Waals surface area contributed by atoms with Crippen LogP contribution < -0.4 is 10.6 Å². The molecule has 0 saturated heterocycles. The van der Waals surface area contributed by atoms with Crippen molar-refractivity contribution in [3.05, 3.63) is 70.3 Å². The quantitative estimate of drug-likeness (QED) is 0.512. The Bertz CT molecular complexity index is 1070. The summed E-state index contributed by atoms with van der Waals surface area (Å²) in [7, 11) is 0. The number of hydrogen-bond acceptors (Lipinski definition) is 6. The Labute approximate surface area is 183 Å². The number of aromatic nitrogens is 2. The van der Waals surface area contributed by atoms with Crippen molar-refractivity contribution in [3.8, 4) is 0 Å². The predicted molar refractivity (Wildman–Crippen MR) is 117 cm³/mol. The molecule has 0 saturated carbocycles. The fraction of sp³-hybridized carbons (Fsp3) is 0.238. The van der Waals surface area contributed by atoms with Crippen molar-refractivity contribution in [3.63, 3.8) is 0 Å². The zero-order chi connectivity index (χ0) is 21.7. The number of halogens is 1. The molecule has 0 radical (unpaired) electrons. The summed E-state index contributed by atoms with van der Waals surface area (Å²) in [4.78, 5) is 30.1. The van der Waals surface area contributed by atoms with Gasteiger partial charge in [-0.2, -0.15) is 4.98 Å². The van der Waals surface area contributed by atoms with Crippen molar-refractivity contribution in [2.24, 2.45) is 0 Å². The number of aryl methyl sites for hydroxylation is 1. The fourth-order valence-electron chi connectivity index (χ4n) is 2.62. The molecule has 2 aromatic carbocycles.